The lowest BCUT2D eigenvalue weighted by atomic mass is 10.0. The zero-order valence-corrected chi connectivity index (χ0v) is 8.43. The summed E-state index contributed by atoms with van der Waals surface area (Å²) >= 11 is 0. The van der Waals surface area contributed by atoms with Gasteiger partial charge in [0.2, 0.25) is 0 Å². The maximum absolute atomic E-state index is 11.1. The number of carbonyl (C=O) groups is 2. The molecule has 0 aromatic heterocycles. The number of aliphatic carboxylic acids is 1. The molecule has 0 spiro atoms. The zero-order valence-electron chi connectivity index (χ0n) is 7.61. The number of amides is 1. The first-order chi connectivity index (χ1) is 6.24. The third-order valence-electron chi connectivity index (χ3n) is 2.11. The third-order valence-corrected chi connectivity index (χ3v) is 4.02. The summed E-state index contributed by atoms with van der Waals surface area (Å²) in [5.41, 5.74) is -0.936. The van der Waals surface area contributed by atoms with E-state index in [9.17, 15) is 18.0 Å². The van der Waals surface area contributed by atoms with Gasteiger partial charge in [-0.15, -0.1) is 0 Å². The number of carboxylic acid groups (broad SMARTS) is 1. The molecule has 7 heteroatoms. The second kappa shape index (κ2) is 3.23. The molecule has 1 amide bonds. The molecular weight excluding hydrogens is 210 g/mol. The number of rotatable bonds is 1. The fourth-order valence-corrected chi connectivity index (χ4v) is 3.53. The van der Waals surface area contributed by atoms with Crippen LogP contribution in [-0.4, -0.2) is 42.4 Å². The molecule has 1 heterocycles. The quantitative estimate of drug-likeness (QED) is 0.540. The van der Waals surface area contributed by atoms with E-state index in [-0.39, 0.29) is 17.9 Å². The number of carboxylic acids is 1. The normalized spacial score (nSPS) is 29.8. The van der Waals surface area contributed by atoms with Gasteiger partial charge in [-0.25, -0.2) is 13.2 Å². The lowest BCUT2D eigenvalue weighted by Crippen LogP contribution is -2.49. The van der Waals surface area contributed by atoms with Crippen LogP contribution in [0.1, 0.15) is 13.3 Å². The number of hydrogen-bond donors (Lipinski definition) is 2. The van der Waals surface area contributed by atoms with E-state index >= 15 is 0 Å². The molecule has 1 unspecified atom stereocenters. The average molecular weight is 221 g/mol. The van der Waals surface area contributed by atoms with Crippen molar-refractivity contribution in [3.63, 3.8) is 0 Å². The molecule has 0 radical (unpaired) electrons. The lowest BCUT2D eigenvalue weighted by Gasteiger charge is -2.22. The standard InChI is InChI=1S/C7H11NO5S/c1-7(8-5(9)6(10)11)2-3-14(12,13)4-7/h2-4H2,1H3,(H,8,9)(H,10,11). The van der Waals surface area contributed by atoms with E-state index in [0.29, 0.717) is 0 Å². The SMILES string of the molecule is CC1(NC(=O)C(=O)O)CCS(=O)(=O)C1. The summed E-state index contributed by atoms with van der Waals surface area (Å²) in [5, 5.41) is 10.5. The monoisotopic (exact) mass is 221 g/mol. The zero-order chi connectivity index (χ0) is 11.0. The third kappa shape index (κ3) is 2.44. The van der Waals surface area contributed by atoms with Crippen LogP contribution in [-0.2, 0) is 19.4 Å². The summed E-state index contributed by atoms with van der Waals surface area (Å²) in [5.74, 6) is -2.97. The van der Waals surface area contributed by atoms with Crippen molar-refractivity contribution in [1.29, 1.82) is 0 Å². The minimum atomic E-state index is -3.13. The highest BCUT2D eigenvalue weighted by molar-refractivity contribution is 7.91. The van der Waals surface area contributed by atoms with E-state index in [1.807, 2.05) is 0 Å². The summed E-state index contributed by atoms with van der Waals surface area (Å²) in [6, 6.07) is 0. The van der Waals surface area contributed by atoms with Gasteiger partial charge >= 0.3 is 11.9 Å². The van der Waals surface area contributed by atoms with Crippen LogP contribution in [0.2, 0.25) is 0 Å². The summed E-state index contributed by atoms with van der Waals surface area (Å²) in [6.07, 6.45) is 0.258. The number of nitrogens with one attached hydrogen (secondary N) is 1. The first-order valence-corrected chi connectivity index (χ1v) is 5.82. The molecule has 2 N–H and O–H groups in total. The van der Waals surface area contributed by atoms with Gasteiger partial charge in [0.1, 0.15) is 0 Å². The lowest BCUT2D eigenvalue weighted by molar-refractivity contribution is -0.151. The van der Waals surface area contributed by atoms with Crippen LogP contribution in [0.25, 0.3) is 0 Å². The molecule has 14 heavy (non-hydrogen) atoms. The average Bonchev–Trinajstić information content (AvgIpc) is 2.25. The van der Waals surface area contributed by atoms with Crippen molar-refractivity contribution in [1.82, 2.24) is 5.32 Å². The van der Waals surface area contributed by atoms with Gasteiger partial charge in [0, 0.05) is 0 Å². The topological polar surface area (TPSA) is 101 Å². The van der Waals surface area contributed by atoms with Gasteiger partial charge in [0.05, 0.1) is 17.0 Å². The number of carbonyl (C=O) groups excluding carboxylic acids is 1. The Kier molecular flexibility index (Phi) is 2.53. The van der Waals surface area contributed by atoms with Crippen molar-refractivity contribution in [2.45, 2.75) is 18.9 Å². The molecule has 6 nitrogen and oxygen atoms in total. The van der Waals surface area contributed by atoms with Crippen molar-refractivity contribution in [3.05, 3.63) is 0 Å². The molecule has 1 rings (SSSR count). The Morgan fingerprint density at radius 1 is 1.43 bits per heavy atom. The molecule has 80 valence electrons. The van der Waals surface area contributed by atoms with Crippen LogP contribution in [0.15, 0.2) is 0 Å². The molecule has 0 bridgehead atoms. The molecule has 0 aromatic carbocycles. The molecule has 1 aliphatic rings. The van der Waals surface area contributed by atoms with Crippen molar-refractivity contribution < 1.29 is 23.1 Å². The van der Waals surface area contributed by atoms with Gasteiger partial charge in [-0.2, -0.15) is 0 Å². The largest absolute Gasteiger partial charge is 0.474 e. The second-order valence-corrected chi connectivity index (χ2v) is 5.85. The van der Waals surface area contributed by atoms with Crippen LogP contribution in [0, 0.1) is 0 Å². The second-order valence-electron chi connectivity index (χ2n) is 3.66. The Balaban J connectivity index is 2.71. The molecule has 0 saturated carbocycles. The van der Waals surface area contributed by atoms with Crippen LogP contribution in [0.4, 0.5) is 0 Å². The van der Waals surface area contributed by atoms with Gasteiger partial charge in [-0.1, -0.05) is 0 Å². The van der Waals surface area contributed by atoms with Crippen molar-refractivity contribution in [3.8, 4) is 0 Å². The Morgan fingerprint density at radius 3 is 2.36 bits per heavy atom. The van der Waals surface area contributed by atoms with Crippen molar-refractivity contribution in [2.75, 3.05) is 11.5 Å². The maximum Gasteiger partial charge on any atom is 0.394 e. The van der Waals surface area contributed by atoms with Gasteiger partial charge < -0.3 is 10.4 Å². The predicted octanol–water partition coefficient (Wildman–Crippen LogP) is -1.24. The van der Waals surface area contributed by atoms with E-state index in [1.54, 1.807) is 0 Å². The Morgan fingerprint density at radius 2 is 2.00 bits per heavy atom. The molecular formula is C7H11NO5S. The van der Waals surface area contributed by atoms with E-state index in [2.05, 4.69) is 5.32 Å². The van der Waals surface area contributed by atoms with Gasteiger partial charge in [0.25, 0.3) is 0 Å². The van der Waals surface area contributed by atoms with Crippen LogP contribution in [0.5, 0.6) is 0 Å². The smallest absolute Gasteiger partial charge is 0.394 e. The molecule has 1 atom stereocenters. The summed E-state index contributed by atoms with van der Waals surface area (Å²) in [7, 11) is -3.13. The first-order valence-electron chi connectivity index (χ1n) is 4.00. The highest BCUT2D eigenvalue weighted by atomic mass is 32.2. The molecule has 1 fully saturated rings. The molecule has 1 saturated heterocycles. The minimum Gasteiger partial charge on any atom is -0.474 e. The number of sulfone groups is 1. The summed E-state index contributed by atoms with van der Waals surface area (Å²) < 4.78 is 22.2. The van der Waals surface area contributed by atoms with Crippen LogP contribution in [0.3, 0.4) is 0 Å². The van der Waals surface area contributed by atoms with E-state index < -0.39 is 27.3 Å². The minimum absolute atomic E-state index is 0.0105. The van der Waals surface area contributed by atoms with E-state index in [1.165, 1.54) is 6.92 Å². The van der Waals surface area contributed by atoms with Gasteiger partial charge in [0.15, 0.2) is 9.84 Å². The summed E-state index contributed by atoms with van der Waals surface area (Å²) in [6.45, 7) is 1.53. The Hall–Kier alpha value is -1.11. The highest BCUT2D eigenvalue weighted by Crippen LogP contribution is 2.22. The van der Waals surface area contributed by atoms with Crippen molar-refractivity contribution >= 4 is 21.7 Å². The summed E-state index contributed by atoms with van der Waals surface area (Å²) in [4.78, 5) is 21.0. The fourth-order valence-electron chi connectivity index (χ4n) is 1.44. The first kappa shape index (κ1) is 11.0. The van der Waals surface area contributed by atoms with Crippen LogP contribution < -0.4 is 5.32 Å². The fraction of sp³-hybridized carbons (Fsp3) is 0.714. The maximum atomic E-state index is 11.1. The number of hydrogen-bond acceptors (Lipinski definition) is 4. The Bertz CT molecular complexity index is 374. The van der Waals surface area contributed by atoms with E-state index in [0.717, 1.165) is 0 Å². The van der Waals surface area contributed by atoms with Crippen molar-refractivity contribution in [2.24, 2.45) is 0 Å². The molecule has 0 aliphatic carbocycles. The van der Waals surface area contributed by atoms with E-state index in [4.69, 9.17) is 5.11 Å². The highest BCUT2D eigenvalue weighted by Gasteiger charge is 2.40. The molecule has 1 aliphatic heterocycles. The van der Waals surface area contributed by atoms with Crippen LogP contribution >= 0.6 is 0 Å². The molecule has 0 aromatic rings. The Labute approximate surface area is 81.2 Å². The predicted molar refractivity (Wildman–Crippen MR) is 47.5 cm³/mol. The van der Waals surface area contributed by atoms with Gasteiger partial charge in [-0.05, 0) is 13.3 Å². The van der Waals surface area contributed by atoms with Gasteiger partial charge in [-0.3, -0.25) is 4.79 Å².